The van der Waals surface area contributed by atoms with Gasteiger partial charge in [-0.15, -0.1) is 0 Å². The Bertz CT molecular complexity index is 175. The van der Waals surface area contributed by atoms with Crippen LogP contribution in [0.5, 0.6) is 0 Å². The molecule has 0 heterocycles. The van der Waals surface area contributed by atoms with E-state index in [4.69, 9.17) is 10.00 Å². The molecule has 14 heavy (non-hydrogen) atoms. The number of rotatable bonds is 7. The van der Waals surface area contributed by atoms with Gasteiger partial charge < -0.3 is 10.1 Å². The third-order valence-corrected chi connectivity index (χ3v) is 2.20. The minimum Gasteiger partial charge on any atom is -0.380 e. The van der Waals surface area contributed by atoms with Crippen LogP contribution in [0.2, 0.25) is 0 Å². The molecule has 3 heteroatoms. The van der Waals surface area contributed by atoms with E-state index in [0.717, 1.165) is 13.2 Å². The van der Waals surface area contributed by atoms with Crippen molar-refractivity contribution < 1.29 is 4.74 Å². The van der Waals surface area contributed by atoms with Crippen molar-refractivity contribution in [2.24, 2.45) is 5.92 Å². The van der Waals surface area contributed by atoms with E-state index in [0.29, 0.717) is 18.4 Å². The van der Waals surface area contributed by atoms with Gasteiger partial charge in [-0.05, 0) is 19.8 Å². The van der Waals surface area contributed by atoms with Gasteiger partial charge in [0, 0.05) is 18.7 Å². The summed E-state index contributed by atoms with van der Waals surface area (Å²) in [6.07, 6.45) is 0.551. The summed E-state index contributed by atoms with van der Waals surface area (Å²) in [6.45, 7) is 9.83. The fourth-order valence-electron chi connectivity index (χ4n) is 1.24. The second-order valence-corrected chi connectivity index (χ2v) is 3.94. The van der Waals surface area contributed by atoms with Gasteiger partial charge in [0.1, 0.15) is 0 Å². The lowest BCUT2D eigenvalue weighted by Crippen LogP contribution is -2.43. The third kappa shape index (κ3) is 5.95. The molecule has 0 aromatic rings. The predicted molar refractivity (Wildman–Crippen MR) is 57.9 cm³/mol. The number of nitriles is 1. The van der Waals surface area contributed by atoms with Crippen molar-refractivity contribution in [1.29, 1.82) is 5.26 Å². The van der Waals surface area contributed by atoms with Gasteiger partial charge in [-0.25, -0.2) is 0 Å². The molecule has 0 saturated carbocycles. The lowest BCUT2D eigenvalue weighted by Gasteiger charge is -2.25. The van der Waals surface area contributed by atoms with E-state index in [1.54, 1.807) is 0 Å². The maximum absolute atomic E-state index is 8.54. The topological polar surface area (TPSA) is 45.0 Å². The molecule has 0 saturated heterocycles. The van der Waals surface area contributed by atoms with Crippen molar-refractivity contribution in [1.82, 2.24) is 5.32 Å². The van der Waals surface area contributed by atoms with Crippen LogP contribution in [0, 0.1) is 17.2 Å². The number of nitrogens with one attached hydrogen (secondary N) is 1. The molecule has 2 atom stereocenters. The molecule has 0 aliphatic heterocycles. The first-order chi connectivity index (χ1) is 6.61. The number of hydrogen-bond donors (Lipinski definition) is 1. The molecular weight excluding hydrogens is 176 g/mol. The van der Waals surface area contributed by atoms with Gasteiger partial charge in [-0.3, -0.25) is 0 Å². The molecule has 0 aliphatic rings. The Morgan fingerprint density at radius 1 is 1.36 bits per heavy atom. The summed E-state index contributed by atoms with van der Waals surface area (Å²) < 4.78 is 5.39. The van der Waals surface area contributed by atoms with Gasteiger partial charge in [0.2, 0.25) is 0 Å². The Hall–Kier alpha value is -0.590. The lowest BCUT2D eigenvalue weighted by atomic mass is 10.0. The maximum atomic E-state index is 8.54. The van der Waals surface area contributed by atoms with E-state index in [1.165, 1.54) is 0 Å². The van der Waals surface area contributed by atoms with Crippen LogP contribution in [0.15, 0.2) is 0 Å². The highest BCUT2D eigenvalue weighted by Crippen LogP contribution is 2.04. The van der Waals surface area contributed by atoms with E-state index >= 15 is 0 Å². The number of nitrogens with zero attached hydrogens (tertiary/aromatic N) is 1. The molecule has 3 nitrogen and oxygen atoms in total. The highest BCUT2D eigenvalue weighted by atomic mass is 16.5. The monoisotopic (exact) mass is 198 g/mol. The summed E-state index contributed by atoms with van der Waals surface area (Å²) >= 11 is 0. The Labute approximate surface area is 87.4 Å². The van der Waals surface area contributed by atoms with Gasteiger partial charge in [-0.1, -0.05) is 13.8 Å². The lowest BCUT2D eigenvalue weighted by molar-refractivity contribution is 0.104. The van der Waals surface area contributed by atoms with Crippen LogP contribution in [0.25, 0.3) is 0 Å². The second kappa shape index (κ2) is 7.78. The third-order valence-electron chi connectivity index (χ3n) is 2.20. The zero-order chi connectivity index (χ0) is 11.0. The number of hydrogen-bond acceptors (Lipinski definition) is 3. The fraction of sp³-hybridized carbons (Fsp3) is 0.909. The molecule has 82 valence electrons. The summed E-state index contributed by atoms with van der Waals surface area (Å²) in [7, 11) is 0. The quantitative estimate of drug-likeness (QED) is 0.680. The summed E-state index contributed by atoms with van der Waals surface area (Å²) in [5.41, 5.74) is 0. The standard InChI is InChI=1S/C11H22N2O/c1-5-14-8-11(9(2)3)13-10(4)6-7-12/h9-11,13H,5-6,8H2,1-4H3. The van der Waals surface area contributed by atoms with Gasteiger partial charge in [0.15, 0.2) is 0 Å². The van der Waals surface area contributed by atoms with Crippen LogP contribution in [-0.2, 0) is 4.74 Å². The van der Waals surface area contributed by atoms with E-state index in [2.05, 4.69) is 25.2 Å². The molecule has 1 N–H and O–H groups in total. The Kier molecular flexibility index (Phi) is 7.45. The van der Waals surface area contributed by atoms with Gasteiger partial charge in [0.25, 0.3) is 0 Å². The summed E-state index contributed by atoms with van der Waals surface area (Å²) in [6, 6.07) is 2.75. The molecule has 0 amide bonds. The Morgan fingerprint density at radius 2 is 2.00 bits per heavy atom. The summed E-state index contributed by atoms with van der Waals surface area (Å²) in [4.78, 5) is 0. The van der Waals surface area contributed by atoms with Crippen LogP contribution in [0.4, 0.5) is 0 Å². The molecule has 0 aliphatic carbocycles. The van der Waals surface area contributed by atoms with E-state index in [-0.39, 0.29) is 6.04 Å². The maximum Gasteiger partial charge on any atom is 0.0638 e. The Balaban J connectivity index is 3.90. The SMILES string of the molecule is CCOCC(NC(C)CC#N)C(C)C. The van der Waals surface area contributed by atoms with Gasteiger partial charge >= 0.3 is 0 Å². The Morgan fingerprint density at radius 3 is 2.43 bits per heavy atom. The van der Waals surface area contributed by atoms with Crippen molar-refractivity contribution in [2.75, 3.05) is 13.2 Å². The molecule has 0 bridgehead atoms. The van der Waals surface area contributed by atoms with Crippen LogP contribution >= 0.6 is 0 Å². The van der Waals surface area contributed by atoms with Crippen molar-refractivity contribution in [3.05, 3.63) is 0 Å². The molecule has 0 radical (unpaired) electrons. The molecule has 0 rings (SSSR count). The average molecular weight is 198 g/mol. The van der Waals surface area contributed by atoms with Crippen LogP contribution in [0.1, 0.15) is 34.1 Å². The van der Waals surface area contributed by atoms with E-state index in [1.807, 2.05) is 13.8 Å². The van der Waals surface area contributed by atoms with Crippen molar-refractivity contribution >= 4 is 0 Å². The molecular formula is C11H22N2O. The number of ether oxygens (including phenoxy) is 1. The normalized spacial score (nSPS) is 15.1. The van der Waals surface area contributed by atoms with Crippen LogP contribution in [-0.4, -0.2) is 25.3 Å². The minimum absolute atomic E-state index is 0.243. The molecule has 0 spiro atoms. The first-order valence-electron chi connectivity index (χ1n) is 5.32. The van der Waals surface area contributed by atoms with Crippen molar-refractivity contribution in [2.45, 2.75) is 46.2 Å². The highest BCUT2D eigenvalue weighted by molar-refractivity contribution is 4.81. The molecule has 0 fully saturated rings. The first-order valence-corrected chi connectivity index (χ1v) is 5.32. The zero-order valence-corrected chi connectivity index (χ0v) is 9.71. The van der Waals surface area contributed by atoms with E-state index < -0.39 is 0 Å². The van der Waals surface area contributed by atoms with Crippen LogP contribution < -0.4 is 5.32 Å². The fourth-order valence-corrected chi connectivity index (χ4v) is 1.24. The van der Waals surface area contributed by atoms with E-state index in [9.17, 15) is 0 Å². The average Bonchev–Trinajstić information content (AvgIpc) is 2.12. The van der Waals surface area contributed by atoms with Gasteiger partial charge in [0.05, 0.1) is 19.1 Å². The highest BCUT2D eigenvalue weighted by Gasteiger charge is 2.15. The van der Waals surface area contributed by atoms with Crippen molar-refractivity contribution in [3.8, 4) is 6.07 Å². The molecule has 0 aromatic carbocycles. The first kappa shape index (κ1) is 13.4. The zero-order valence-electron chi connectivity index (χ0n) is 9.71. The molecule has 0 aromatic heterocycles. The minimum atomic E-state index is 0.243. The second-order valence-electron chi connectivity index (χ2n) is 3.94. The van der Waals surface area contributed by atoms with Crippen LogP contribution in [0.3, 0.4) is 0 Å². The smallest absolute Gasteiger partial charge is 0.0638 e. The predicted octanol–water partition coefficient (Wildman–Crippen LogP) is 1.94. The molecule has 2 unspecified atom stereocenters. The van der Waals surface area contributed by atoms with Crippen molar-refractivity contribution in [3.63, 3.8) is 0 Å². The van der Waals surface area contributed by atoms with Gasteiger partial charge in [-0.2, -0.15) is 5.26 Å². The summed E-state index contributed by atoms with van der Waals surface area (Å²) in [5, 5.41) is 11.9. The largest absolute Gasteiger partial charge is 0.380 e. The summed E-state index contributed by atoms with van der Waals surface area (Å²) in [5.74, 6) is 0.530.